The second-order valence-electron chi connectivity index (χ2n) is 5.80. The summed E-state index contributed by atoms with van der Waals surface area (Å²) in [4.78, 5) is 0. The van der Waals surface area contributed by atoms with Gasteiger partial charge in [-0.3, -0.25) is 0 Å². The molecule has 0 bridgehead atoms. The molecule has 0 unspecified atom stereocenters. The van der Waals surface area contributed by atoms with Crippen LogP contribution in [-0.4, -0.2) is 10.4 Å². The highest BCUT2D eigenvalue weighted by Crippen LogP contribution is 2.43. The van der Waals surface area contributed by atoms with Crippen molar-refractivity contribution in [1.82, 2.24) is 0 Å². The van der Waals surface area contributed by atoms with Gasteiger partial charge in [-0.05, 0) is 39.9 Å². The molecular weight excluding hydrogens is 426 g/mol. The number of hydrogen-bond donors (Lipinski definition) is 1. The molecule has 138 valence electrons. The van der Waals surface area contributed by atoms with E-state index < -0.39 is 29.6 Å². The number of aliphatic hydroxyl groups excluding tert-OH is 1. The fraction of sp³-hybridized carbons (Fsp3) is 0.222. The predicted octanol–water partition coefficient (Wildman–Crippen LogP) is 6.46. The summed E-state index contributed by atoms with van der Waals surface area (Å²) in [5.41, 5.74) is -2.47. The van der Waals surface area contributed by atoms with Gasteiger partial charge in [-0.2, -0.15) is 26.3 Å². The van der Waals surface area contributed by atoms with E-state index in [1.807, 2.05) is 0 Å². The number of aliphatic hydroxyl groups is 1. The monoisotopic (exact) mass is 436 g/mol. The van der Waals surface area contributed by atoms with Gasteiger partial charge in [0.25, 0.3) is 0 Å². The molecule has 3 aromatic rings. The zero-order valence-electron chi connectivity index (χ0n) is 12.9. The molecule has 0 fully saturated rings. The van der Waals surface area contributed by atoms with Crippen molar-refractivity contribution < 1.29 is 31.4 Å². The van der Waals surface area contributed by atoms with E-state index in [0.717, 1.165) is 0 Å². The molecule has 0 saturated heterocycles. The van der Waals surface area contributed by atoms with Crippen LogP contribution in [0, 0.1) is 0 Å². The molecule has 8 heteroatoms. The van der Waals surface area contributed by atoms with Crippen LogP contribution < -0.4 is 0 Å². The van der Waals surface area contributed by atoms with Crippen LogP contribution in [0.3, 0.4) is 0 Å². The lowest BCUT2D eigenvalue weighted by atomic mass is 9.90. The third kappa shape index (κ3) is 3.27. The number of rotatable bonds is 2. The molecule has 0 saturated carbocycles. The zero-order valence-corrected chi connectivity index (χ0v) is 14.5. The molecule has 3 aromatic carbocycles. The Morgan fingerprint density at radius 1 is 0.885 bits per heavy atom. The summed E-state index contributed by atoms with van der Waals surface area (Å²) >= 11 is 3.08. The highest BCUT2D eigenvalue weighted by atomic mass is 79.9. The summed E-state index contributed by atoms with van der Waals surface area (Å²) in [5, 5.41) is 10.2. The van der Waals surface area contributed by atoms with Gasteiger partial charge >= 0.3 is 12.4 Å². The average Bonchev–Trinajstić information content (AvgIpc) is 2.57. The predicted molar refractivity (Wildman–Crippen MR) is 90.2 cm³/mol. The molecule has 0 spiro atoms. The summed E-state index contributed by atoms with van der Waals surface area (Å²) in [6.07, 6.45) is -11.0. The molecule has 3 rings (SSSR count). The lowest BCUT2D eigenvalue weighted by Gasteiger charge is -2.19. The summed E-state index contributed by atoms with van der Waals surface area (Å²) in [7, 11) is 0. The minimum Gasteiger partial charge on any atom is -0.388 e. The van der Waals surface area contributed by atoms with Crippen molar-refractivity contribution >= 4 is 37.5 Å². The molecule has 1 atom stereocenters. The lowest BCUT2D eigenvalue weighted by Crippen LogP contribution is -2.12. The van der Waals surface area contributed by atoms with E-state index in [4.69, 9.17) is 0 Å². The third-order valence-corrected chi connectivity index (χ3v) is 4.74. The van der Waals surface area contributed by atoms with Crippen LogP contribution in [0.4, 0.5) is 26.3 Å². The van der Waals surface area contributed by atoms with Crippen LogP contribution in [0.5, 0.6) is 0 Å². The van der Waals surface area contributed by atoms with E-state index >= 15 is 0 Å². The van der Waals surface area contributed by atoms with Gasteiger partial charge in [0, 0.05) is 10.7 Å². The molecule has 0 aliphatic heterocycles. The topological polar surface area (TPSA) is 20.2 Å². The normalized spacial score (nSPS) is 14.2. The Balaban J connectivity index is 2.54. The SMILES string of the molecule is O[C@@H](CBr)c1cc2cc(C(F)(F)F)cc(C(F)(F)F)c2c2ccccc12. The lowest BCUT2D eigenvalue weighted by molar-refractivity contribution is -0.142. The first-order valence-electron chi connectivity index (χ1n) is 7.42. The quantitative estimate of drug-likeness (QED) is 0.277. The number of halogens is 7. The number of alkyl halides is 7. The van der Waals surface area contributed by atoms with Crippen LogP contribution >= 0.6 is 15.9 Å². The van der Waals surface area contributed by atoms with Crippen LogP contribution in [0.1, 0.15) is 22.8 Å². The van der Waals surface area contributed by atoms with Crippen molar-refractivity contribution in [2.75, 3.05) is 5.33 Å². The maximum Gasteiger partial charge on any atom is 0.417 e. The van der Waals surface area contributed by atoms with Crippen LogP contribution in [0.15, 0.2) is 42.5 Å². The molecule has 26 heavy (non-hydrogen) atoms. The maximum atomic E-state index is 13.5. The summed E-state index contributed by atoms with van der Waals surface area (Å²) in [6, 6.07) is 8.04. The number of hydrogen-bond acceptors (Lipinski definition) is 1. The number of benzene rings is 3. The molecule has 1 N–H and O–H groups in total. The Kier molecular flexibility index (Phi) is 4.69. The largest absolute Gasteiger partial charge is 0.417 e. The van der Waals surface area contributed by atoms with Gasteiger partial charge in [-0.25, -0.2) is 0 Å². The Bertz CT molecular complexity index is 977. The van der Waals surface area contributed by atoms with Gasteiger partial charge in [0.05, 0.1) is 17.2 Å². The van der Waals surface area contributed by atoms with Gasteiger partial charge < -0.3 is 5.11 Å². The number of fused-ring (bicyclic) bond motifs is 3. The van der Waals surface area contributed by atoms with Crippen LogP contribution in [-0.2, 0) is 12.4 Å². The van der Waals surface area contributed by atoms with Crippen molar-refractivity contribution in [3.8, 4) is 0 Å². The van der Waals surface area contributed by atoms with E-state index in [9.17, 15) is 31.4 Å². The first-order valence-corrected chi connectivity index (χ1v) is 8.54. The third-order valence-electron chi connectivity index (χ3n) is 4.13. The van der Waals surface area contributed by atoms with E-state index in [1.54, 1.807) is 6.07 Å². The first kappa shape index (κ1) is 19.0. The van der Waals surface area contributed by atoms with Gasteiger partial charge in [0.2, 0.25) is 0 Å². The zero-order chi connectivity index (χ0) is 19.3. The highest BCUT2D eigenvalue weighted by Gasteiger charge is 2.38. The van der Waals surface area contributed by atoms with E-state index in [2.05, 4.69) is 15.9 Å². The maximum absolute atomic E-state index is 13.5. The van der Waals surface area contributed by atoms with Crippen molar-refractivity contribution in [2.24, 2.45) is 0 Å². The molecule has 0 aromatic heterocycles. The first-order chi connectivity index (χ1) is 12.0. The van der Waals surface area contributed by atoms with Gasteiger partial charge in [0.15, 0.2) is 0 Å². The molecule has 0 heterocycles. The standard InChI is InChI=1S/C18H11BrF6O/c19-8-15(26)13-6-9-5-10(17(20,21)22)7-14(18(23,24)25)16(9)12-4-2-1-3-11(12)13/h1-7,15,26H,8H2/t15-/m0/s1. The second kappa shape index (κ2) is 6.42. The van der Waals surface area contributed by atoms with Gasteiger partial charge in [0.1, 0.15) is 0 Å². The van der Waals surface area contributed by atoms with Crippen LogP contribution in [0.2, 0.25) is 0 Å². The molecule has 0 amide bonds. The summed E-state index contributed by atoms with van der Waals surface area (Å²) in [6.45, 7) is 0. The molecule has 1 nitrogen and oxygen atoms in total. The van der Waals surface area contributed by atoms with Crippen molar-refractivity contribution in [3.63, 3.8) is 0 Å². The van der Waals surface area contributed by atoms with Crippen molar-refractivity contribution in [1.29, 1.82) is 0 Å². The van der Waals surface area contributed by atoms with Gasteiger partial charge in [-0.1, -0.05) is 40.2 Å². The Hall–Kier alpha value is -1.80. The van der Waals surface area contributed by atoms with Crippen molar-refractivity contribution in [2.45, 2.75) is 18.5 Å². The smallest absolute Gasteiger partial charge is 0.388 e. The Morgan fingerprint density at radius 3 is 2.04 bits per heavy atom. The summed E-state index contributed by atoms with van der Waals surface area (Å²) < 4.78 is 79.8. The Labute approximate surface area is 152 Å². The van der Waals surface area contributed by atoms with Crippen molar-refractivity contribution in [3.05, 3.63) is 59.2 Å². The van der Waals surface area contributed by atoms with E-state index in [0.29, 0.717) is 11.5 Å². The fourth-order valence-corrected chi connectivity index (χ4v) is 3.37. The van der Waals surface area contributed by atoms with Gasteiger partial charge in [-0.15, -0.1) is 0 Å². The van der Waals surface area contributed by atoms with Crippen LogP contribution in [0.25, 0.3) is 21.5 Å². The molecule has 0 aliphatic rings. The minimum absolute atomic E-state index is 0.0909. The summed E-state index contributed by atoms with van der Waals surface area (Å²) in [5.74, 6) is 0. The highest BCUT2D eigenvalue weighted by molar-refractivity contribution is 9.09. The molecule has 0 radical (unpaired) electrons. The van der Waals surface area contributed by atoms with E-state index in [1.165, 1.54) is 24.3 Å². The molecule has 0 aliphatic carbocycles. The molecular formula is C18H11BrF6O. The fourth-order valence-electron chi connectivity index (χ4n) is 3.02. The Morgan fingerprint density at radius 2 is 1.50 bits per heavy atom. The second-order valence-corrected chi connectivity index (χ2v) is 6.45. The average molecular weight is 437 g/mol. The van der Waals surface area contributed by atoms with E-state index in [-0.39, 0.29) is 33.1 Å². The minimum atomic E-state index is -4.96.